The maximum absolute atomic E-state index is 11.9. The first-order chi connectivity index (χ1) is 13.5. The van der Waals surface area contributed by atoms with Crippen molar-refractivity contribution in [3.8, 4) is 11.3 Å². The minimum absolute atomic E-state index is 0.252. The minimum atomic E-state index is -0.452. The number of amides is 2. The van der Waals surface area contributed by atoms with E-state index in [0.29, 0.717) is 18.1 Å². The molecule has 8 nitrogen and oxygen atoms in total. The van der Waals surface area contributed by atoms with Gasteiger partial charge in [-0.25, -0.2) is 4.79 Å². The first kappa shape index (κ1) is 20.2. The number of aromatic nitrogens is 1. The number of likely N-dealkylation sites (N-methyl/N-ethyl adjacent to an activating group) is 1. The number of nitrogens with zero attached hydrogens (tertiary/aromatic N) is 3. The van der Waals surface area contributed by atoms with Crippen LogP contribution in [0.1, 0.15) is 5.69 Å². The molecule has 28 heavy (non-hydrogen) atoms. The smallest absolute Gasteiger partial charge is 0.410 e. The lowest BCUT2D eigenvalue weighted by Gasteiger charge is -2.33. The van der Waals surface area contributed by atoms with Gasteiger partial charge in [0, 0.05) is 62.8 Å². The molecule has 150 valence electrons. The zero-order valence-electron chi connectivity index (χ0n) is 15.7. The summed E-state index contributed by atoms with van der Waals surface area (Å²) in [5.41, 5.74) is 1.82. The van der Waals surface area contributed by atoms with Gasteiger partial charge in [-0.3, -0.25) is 9.69 Å². The standard InChI is InChI=1S/C19H23ClN4O4/c1-21-18(25)13-27-19(26)24-10-8-23(9-11-24)7-6-16-12-17(28-22-16)14-2-4-15(20)5-3-14/h2-5,12H,6-11,13H2,1H3,(H,21,25). The Morgan fingerprint density at radius 1 is 1.21 bits per heavy atom. The topological polar surface area (TPSA) is 87.9 Å². The Hall–Kier alpha value is -2.58. The molecule has 1 aromatic carbocycles. The van der Waals surface area contributed by atoms with Crippen LogP contribution >= 0.6 is 11.6 Å². The molecule has 2 aromatic rings. The van der Waals surface area contributed by atoms with Crippen LogP contribution in [0.15, 0.2) is 34.9 Å². The molecular weight excluding hydrogens is 384 g/mol. The zero-order valence-corrected chi connectivity index (χ0v) is 16.4. The predicted molar refractivity (Wildman–Crippen MR) is 104 cm³/mol. The molecule has 0 aliphatic carbocycles. The number of rotatable bonds is 6. The van der Waals surface area contributed by atoms with Crippen LogP contribution in [0.25, 0.3) is 11.3 Å². The lowest BCUT2D eigenvalue weighted by atomic mass is 10.1. The van der Waals surface area contributed by atoms with Gasteiger partial charge in [-0.1, -0.05) is 16.8 Å². The van der Waals surface area contributed by atoms with Crippen LogP contribution in [-0.4, -0.2) is 73.3 Å². The second-order valence-corrected chi connectivity index (χ2v) is 6.93. The van der Waals surface area contributed by atoms with Crippen molar-refractivity contribution in [2.24, 2.45) is 0 Å². The Labute approximate surface area is 168 Å². The van der Waals surface area contributed by atoms with Gasteiger partial charge in [0.1, 0.15) is 0 Å². The van der Waals surface area contributed by atoms with Gasteiger partial charge >= 0.3 is 6.09 Å². The number of hydrogen-bond donors (Lipinski definition) is 1. The van der Waals surface area contributed by atoms with Crippen LogP contribution in [0.5, 0.6) is 0 Å². The number of hydrogen-bond acceptors (Lipinski definition) is 6. The Morgan fingerprint density at radius 2 is 1.93 bits per heavy atom. The Bertz CT molecular complexity index is 801. The van der Waals surface area contributed by atoms with Crippen molar-refractivity contribution < 1.29 is 18.8 Å². The van der Waals surface area contributed by atoms with Gasteiger partial charge in [-0.2, -0.15) is 0 Å². The average molecular weight is 407 g/mol. The van der Waals surface area contributed by atoms with Gasteiger partial charge in [0.05, 0.1) is 5.69 Å². The SMILES string of the molecule is CNC(=O)COC(=O)N1CCN(CCc2cc(-c3ccc(Cl)cc3)on2)CC1. The number of ether oxygens (including phenoxy) is 1. The molecule has 2 amide bonds. The summed E-state index contributed by atoms with van der Waals surface area (Å²) in [6.07, 6.45) is 0.311. The maximum atomic E-state index is 11.9. The molecular formula is C19H23ClN4O4. The van der Waals surface area contributed by atoms with Crippen LogP contribution in [0.2, 0.25) is 5.02 Å². The lowest BCUT2D eigenvalue weighted by Crippen LogP contribution is -2.49. The summed E-state index contributed by atoms with van der Waals surface area (Å²) in [6.45, 7) is 3.21. The van der Waals surface area contributed by atoms with Crippen LogP contribution < -0.4 is 5.32 Å². The largest absolute Gasteiger partial charge is 0.439 e. The summed E-state index contributed by atoms with van der Waals surface area (Å²) in [5, 5.41) is 7.23. The molecule has 0 saturated carbocycles. The zero-order chi connectivity index (χ0) is 19.9. The van der Waals surface area contributed by atoms with E-state index in [-0.39, 0.29) is 12.5 Å². The molecule has 1 fully saturated rings. The van der Waals surface area contributed by atoms with E-state index in [0.717, 1.165) is 43.1 Å². The highest BCUT2D eigenvalue weighted by Gasteiger charge is 2.22. The van der Waals surface area contributed by atoms with Gasteiger partial charge < -0.3 is 19.5 Å². The maximum Gasteiger partial charge on any atom is 0.410 e. The fourth-order valence-corrected chi connectivity index (χ4v) is 3.02. The fourth-order valence-electron chi connectivity index (χ4n) is 2.90. The van der Waals surface area contributed by atoms with E-state index in [1.807, 2.05) is 30.3 Å². The van der Waals surface area contributed by atoms with Crippen molar-refractivity contribution in [3.63, 3.8) is 0 Å². The molecule has 2 heterocycles. The summed E-state index contributed by atoms with van der Waals surface area (Å²) in [7, 11) is 1.50. The molecule has 1 aliphatic heterocycles. The Kier molecular flexibility index (Phi) is 6.89. The minimum Gasteiger partial charge on any atom is -0.439 e. The van der Waals surface area contributed by atoms with E-state index in [2.05, 4.69) is 15.4 Å². The Balaban J connectivity index is 1.41. The van der Waals surface area contributed by atoms with Gasteiger partial charge in [0.25, 0.3) is 5.91 Å². The van der Waals surface area contributed by atoms with E-state index in [1.54, 1.807) is 4.90 Å². The third-order valence-corrected chi connectivity index (χ3v) is 4.86. The summed E-state index contributed by atoms with van der Waals surface area (Å²) >= 11 is 5.91. The molecule has 0 radical (unpaired) electrons. The van der Waals surface area contributed by atoms with E-state index in [1.165, 1.54) is 7.05 Å². The van der Waals surface area contributed by atoms with Crippen molar-refractivity contribution in [3.05, 3.63) is 41.0 Å². The highest BCUT2D eigenvalue weighted by atomic mass is 35.5. The molecule has 0 bridgehead atoms. The average Bonchev–Trinajstić information content (AvgIpc) is 3.20. The van der Waals surface area contributed by atoms with Gasteiger partial charge in [0.2, 0.25) is 0 Å². The normalized spacial score (nSPS) is 14.7. The predicted octanol–water partition coefficient (Wildman–Crippen LogP) is 2.04. The number of carbonyl (C=O) groups is 2. The molecule has 1 aromatic heterocycles. The number of piperazine rings is 1. The summed E-state index contributed by atoms with van der Waals surface area (Å²) in [6, 6.07) is 9.37. The summed E-state index contributed by atoms with van der Waals surface area (Å²) in [4.78, 5) is 27.0. The first-order valence-corrected chi connectivity index (χ1v) is 9.49. The molecule has 9 heteroatoms. The monoisotopic (exact) mass is 406 g/mol. The van der Waals surface area contributed by atoms with Crippen LogP contribution in [0, 0.1) is 0 Å². The molecule has 0 spiro atoms. The van der Waals surface area contributed by atoms with Gasteiger partial charge in [-0.05, 0) is 24.3 Å². The molecule has 0 unspecified atom stereocenters. The van der Waals surface area contributed by atoms with Crippen molar-refractivity contribution in [2.45, 2.75) is 6.42 Å². The van der Waals surface area contributed by atoms with Gasteiger partial charge in [-0.15, -0.1) is 0 Å². The highest BCUT2D eigenvalue weighted by molar-refractivity contribution is 6.30. The molecule has 3 rings (SSSR count). The number of nitrogens with one attached hydrogen (secondary N) is 1. The molecule has 1 saturated heterocycles. The summed E-state index contributed by atoms with van der Waals surface area (Å²) < 4.78 is 10.4. The van der Waals surface area contributed by atoms with E-state index in [4.69, 9.17) is 20.9 Å². The van der Waals surface area contributed by atoms with E-state index < -0.39 is 6.09 Å². The lowest BCUT2D eigenvalue weighted by molar-refractivity contribution is -0.123. The number of benzene rings is 1. The van der Waals surface area contributed by atoms with Crippen molar-refractivity contribution >= 4 is 23.6 Å². The highest BCUT2D eigenvalue weighted by Crippen LogP contribution is 2.22. The van der Waals surface area contributed by atoms with Crippen LogP contribution in [0.4, 0.5) is 4.79 Å². The second kappa shape index (κ2) is 9.57. The third-order valence-electron chi connectivity index (χ3n) is 4.61. The van der Waals surface area contributed by atoms with E-state index in [9.17, 15) is 9.59 Å². The fraction of sp³-hybridized carbons (Fsp3) is 0.421. The summed E-state index contributed by atoms with van der Waals surface area (Å²) in [5.74, 6) is 0.396. The van der Waals surface area contributed by atoms with Crippen molar-refractivity contribution in [2.75, 3.05) is 46.4 Å². The first-order valence-electron chi connectivity index (χ1n) is 9.11. The number of carbonyl (C=O) groups excluding carboxylic acids is 2. The number of halogens is 1. The van der Waals surface area contributed by atoms with Crippen LogP contribution in [0.3, 0.4) is 0 Å². The van der Waals surface area contributed by atoms with Crippen molar-refractivity contribution in [1.29, 1.82) is 0 Å². The molecule has 0 atom stereocenters. The molecule has 1 aliphatic rings. The third kappa shape index (κ3) is 5.46. The Morgan fingerprint density at radius 3 is 2.61 bits per heavy atom. The van der Waals surface area contributed by atoms with E-state index >= 15 is 0 Å². The quantitative estimate of drug-likeness (QED) is 0.789. The van der Waals surface area contributed by atoms with Crippen molar-refractivity contribution in [1.82, 2.24) is 20.3 Å². The van der Waals surface area contributed by atoms with Crippen LogP contribution in [-0.2, 0) is 16.0 Å². The van der Waals surface area contributed by atoms with Gasteiger partial charge in [0.15, 0.2) is 12.4 Å². The molecule has 1 N–H and O–H groups in total. The second-order valence-electron chi connectivity index (χ2n) is 6.50.